The molecule has 2 rings (SSSR count). The van der Waals surface area contributed by atoms with Crippen molar-refractivity contribution in [3.05, 3.63) is 35.9 Å². The largest absolute Gasteiger partial charge is 0.391 e. The number of benzene rings is 1. The summed E-state index contributed by atoms with van der Waals surface area (Å²) < 4.78 is 0. The van der Waals surface area contributed by atoms with Crippen LogP contribution >= 0.6 is 0 Å². The Balaban J connectivity index is 2.70. The van der Waals surface area contributed by atoms with E-state index in [0.29, 0.717) is 24.4 Å². The van der Waals surface area contributed by atoms with Crippen molar-refractivity contribution in [1.82, 2.24) is 63.8 Å². The molecular formula is C58H102N16O13. The standard InChI is InChI=1S/C58H102N16O13/c1-8-34(5)15-13-14-18-46(77)65-38(19-25-59)53(82)74-48(36(7)76)58(87)70-41(22-28-62)50(79)69-43-24-30-64-57(86)47(35(6)75)73-54(83)42(23-29-63-9-2)68-49(78)39(20-26-60)67-55(84)44(31-33(3)4)71-56(85)45(32-37-16-11-10-12-17-37)72-51(80)40(21-27-61)66-52(43)81/h10-12,16-17,33-36,38-45,47-48,63,75-76H,8-9,13-15,18-32,59-62H2,1-7H3,(H,64,86)(H,65,77)(H,66,81)(H,67,84)(H,68,78)(H,69,79)(H,70,87)(H,71,85)(H,72,80)(H,73,83)(H,74,82)/t34?,35-,36-,38+,39+,40+,41+,42+,43+,44+,45-,47+,48+/m1/s1. The van der Waals surface area contributed by atoms with Crippen molar-refractivity contribution in [2.24, 2.45) is 34.8 Å². The maximum atomic E-state index is 14.6. The van der Waals surface area contributed by atoms with Crippen molar-refractivity contribution in [3.8, 4) is 0 Å². The lowest BCUT2D eigenvalue weighted by molar-refractivity contribution is -0.137. The van der Waals surface area contributed by atoms with E-state index in [1.807, 2.05) is 6.92 Å². The summed E-state index contributed by atoms with van der Waals surface area (Å²) in [7, 11) is 0. The number of nitrogens with two attached hydrogens (primary N) is 4. The number of rotatable bonds is 31. The van der Waals surface area contributed by atoms with Gasteiger partial charge in [0.25, 0.3) is 0 Å². The third-order valence-electron chi connectivity index (χ3n) is 14.7. The van der Waals surface area contributed by atoms with Crippen LogP contribution in [0.5, 0.6) is 0 Å². The molecule has 1 heterocycles. The van der Waals surface area contributed by atoms with E-state index in [2.05, 4.69) is 77.6 Å². The number of carbonyl (C=O) groups excluding carboxylic acids is 11. The van der Waals surface area contributed by atoms with Gasteiger partial charge in [-0.2, -0.15) is 0 Å². The maximum Gasteiger partial charge on any atom is 0.245 e. The summed E-state index contributed by atoms with van der Waals surface area (Å²) >= 11 is 0. The number of aliphatic hydroxyl groups is 2. The minimum atomic E-state index is -1.70. The van der Waals surface area contributed by atoms with E-state index in [0.717, 1.165) is 19.3 Å². The Morgan fingerprint density at radius 3 is 1.66 bits per heavy atom. The van der Waals surface area contributed by atoms with Crippen LogP contribution in [0.15, 0.2) is 30.3 Å². The fourth-order valence-electron chi connectivity index (χ4n) is 9.38. The number of hydrogen-bond acceptors (Lipinski definition) is 18. The molecule has 22 N–H and O–H groups in total. The molecule has 1 fully saturated rings. The average Bonchev–Trinajstić information content (AvgIpc) is 3.20. The first-order chi connectivity index (χ1) is 41.3. The zero-order valence-electron chi connectivity index (χ0n) is 51.8. The van der Waals surface area contributed by atoms with E-state index in [1.54, 1.807) is 44.2 Å². The summed E-state index contributed by atoms with van der Waals surface area (Å²) in [5.74, 6) is -9.27. The van der Waals surface area contributed by atoms with Gasteiger partial charge in [-0.3, -0.25) is 52.7 Å². The number of hydrogen-bond donors (Lipinski definition) is 18. The second-order valence-corrected chi connectivity index (χ2v) is 22.6. The highest BCUT2D eigenvalue weighted by molar-refractivity contribution is 5.99. The van der Waals surface area contributed by atoms with Gasteiger partial charge in [-0.1, -0.05) is 84.2 Å². The van der Waals surface area contributed by atoms with Gasteiger partial charge in [-0.15, -0.1) is 0 Å². The fourth-order valence-corrected chi connectivity index (χ4v) is 9.38. The van der Waals surface area contributed by atoms with Gasteiger partial charge in [-0.05, 0) is 122 Å². The SMILES string of the molecule is CCNCC[C@@H]1NC(=O)[C@H](CCN)NC(=O)[C@H](CC(C)C)NC(=O)[C@@H](Cc2ccccc2)NC(=O)[C@H](CCN)NC(=O)[C@@H](NC(=O)[C@H](CCN)NC(=O)[C@@H](NC(=O)[C@H](CCN)NC(=O)CCCCC(C)CC)[C@@H](C)O)CCNC(=O)[C@H]([C@@H](C)O)NC1=O. The lowest BCUT2D eigenvalue weighted by Gasteiger charge is -2.29. The molecule has 1 aromatic rings. The van der Waals surface area contributed by atoms with Crippen LogP contribution in [0.2, 0.25) is 0 Å². The van der Waals surface area contributed by atoms with Crippen molar-refractivity contribution >= 4 is 65.0 Å². The molecule has 11 amide bonds. The van der Waals surface area contributed by atoms with Crippen LogP contribution in [-0.4, -0.2) is 194 Å². The molecule has 0 saturated carbocycles. The molecule has 13 atom stereocenters. The number of nitrogens with one attached hydrogen (secondary N) is 12. The molecule has 1 aliphatic rings. The summed E-state index contributed by atoms with van der Waals surface area (Å²) in [6.45, 7) is 11.7. The predicted octanol–water partition coefficient (Wildman–Crippen LogP) is -4.59. The van der Waals surface area contributed by atoms with Gasteiger partial charge in [0, 0.05) is 19.4 Å². The van der Waals surface area contributed by atoms with Gasteiger partial charge in [0.05, 0.1) is 12.2 Å². The molecule has 1 aliphatic heterocycles. The highest BCUT2D eigenvalue weighted by Crippen LogP contribution is 2.14. The lowest BCUT2D eigenvalue weighted by atomic mass is 10.00. The van der Waals surface area contributed by atoms with Crippen molar-refractivity contribution < 1.29 is 63.0 Å². The van der Waals surface area contributed by atoms with E-state index in [1.165, 1.54) is 13.8 Å². The van der Waals surface area contributed by atoms with E-state index < -0.39 is 151 Å². The second-order valence-electron chi connectivity index (χ2n) is 22.6. The molecule has 29 nitrogen and oxygen atoms in total. The molecule has 29 heteroatoms. The topological polar surface area (TPSA) is 477 Å². The Kier molecular flexibility index (Phi) is 36.2. The van der Waals surface area contributed by atoms with Crippen molar-refractivity contribution in [2.75, 3.05) is 45.8 Å². The normalized spacial score (nSPS) is 22.6. The van der Waals surface area contributed by atoms with Gasteiger partial charge in [0.1, 0.15) is 60.4 Å². The third-order valence-corrected chi connectivity index (χ3v) is 14.7. The fraction of sp³-hybridized carbons (Fsp3) is 0.707. The minimum Gasteiger partial charge on any atom is -0.391 e. The van der Waals surface area contributed by atoms with Crippen LogP contribution in [0, 0.1) is 11.8 Å². The molecule has 492 valence electrons. The molecule has 0 spiro atoms. The first-order valence-electron chi connectivity index (χ1n) is 30.6. The summed E-state index contributed by atoms with van der Waals surface area (Å²) in [4.78, 5) is 155. The lowest BCUT2D eigenvalue weighted by Crippen LogP contribution is -2.62. The first kappa shape index (κ1) is 76.2. The van der Waals surface area contributed by atoms with Crippen LogP contribution in [-0.2, 0) is 59.2 Å². The quantitative estimate of drug-likeness (QED) is 0.0311. The summed E-state index contributed by atoms with van der Waals surface area (Å²) in [6, 6.07) is -6.06. The number of amides is 11. The Bertz CT molecular complexity index is 2350. The predicted molar refractivity (Wildman–Crippen MR) is 326 cm³/mol. The molecule has 1 aromatic carbocycles. The van der Waals surface area contributed by atoms with Crippen molar-refractivity contribution in [2.45, 2.75) is 205 Å². The monoisotopic (exact) mass is 1230 g/mol. The molecule has 87 heavy (non-hydrogen) atoms. The van der Waals surface area contributed by atoms with Gasteiger partial charge in [-0.25, -0.2) is 0 Å². The number of carbonyl (C=O) groups is 11. The zero-order chi connectivity index (χ0) is 65.2. The Labute approximate surface area is 511 Å². The summed E-state index contributed by atoms with van der Waals surface area (Å²) in [5.41, 5.74) is 24.2. The van der Waals surface area contributed by atoms with E-state index in [4.69, 9.17) is 22.9 Å². The molecule has 0 aromatic heterocycles. The Morgan fingerprint density at radius 1 is 0.586 bits per heavy atom. The van der Waals surface area contributed by atoms with Gasteiger partial charge >= 0.3 is 0 Å². The summed E-state index contributed by atoms with van der Waals surface area (Å²) in [6.07, 6.45) is -0.826. The smallest absolute Gasteiger partial charge is 0.245 e. The van der Waals surface area contributed by atoms with Crippen LogP contribution in [0.4, 0.5) is 0 Å². The molecular weight excluding hydrogens is 1130 g/mol. The number of unbranched alkanes of at least 4 members (excludes halogenated alkanes) is 1. The Morgan fingerprint density at radius 2 is 1.11 bits per heavy atom. The first-order valence-corrected chi connectivity index (χ1v) is 30.6. The average molecular weight is 1230 g/mol. The van der Waals surface area contributed by atoms with Crippen LogP contribution in [0.1, 0.15) is 131 Å². The highest BCUT2D eigenvalue weighted by atomic mass is 16.3. The molecule has 0 radical (unpaired) electrons. The molecule has 0 aliphatic carbocycles. The second kappa shape index (κ2) is 41.3. The molecule has 1 saturated heterocycles. The molecule has 1 unspecified atom stereocenters. The van der Waals surface area contributed by atoms with E-state index in [9.17, 15) is 63.0 Å². The van der Waals surface area contributed by atoms with Crippen molar-refractivity contribution in [1.29, 1.82) is 0 Å². The summed E-state index contributed by atoms with van der Waals surface area (Å²) in [5, 5.41) is 53.2. The zero-order valence-corrected chi connectivity index (χ0v) is 51.8. The van der Waals surface area contributed by atoms with E-state index >= 15 is 0 Å². The third kappa shape index (κ3) is 28.2. The molecule has 0 bridgehead atoms. The maximum absolute atomic E-state index is 14.6. The van der Waals surface area contributed by atoms with Gasteiger partial charge in [0.2, 0.25) is 65.0 Å². The Hall–Kier alpha value is -6.89. The van der Waals surface area contributed by atoms with Crippen LogP contribution in [0.25, 0.3) is 0 Å². The van der Waals surface area contributed by atoms with Crippen LogP contribution < -0.4 is 86.7 Å². The highest BCUT2D eigenvalue weighted by Gasteiger charge is 2.38. The van der Waals surface area contributed by atoms with Gasteiger partial charge < -0.3 is 96.9 Å². The van der Waals surface area contributed by atoms with Crippen molar-refractivity contribution in [3.63, 3.8) is 0 Å². The van der Waals surface area contributed by atoms with Crippen LogP contribution in [0.3, 0.4) is 0 Å². The van der Waals surface area contributed by atoms with Gasteiger partial charge in [0.15, 0.2) is 0 Å². The minimum absolute atomic E-state index is 0.0151. The van der Waals surface area contributed by atoms with E-state index in [-0.39, 0.29) is 90.0 Å². The number of aliphatic hydroxyl groups excluding tert-OH is 2.